The zero-order valence-corrected chi connectivity index (χ0v) is 28.0. The van der Waals surface area contributed by atoms with E-state index in [9.17, 15) is 9.59 Å². The lowest BCUT2D eigenvalue weighted by Crippen LogP contribution is -2.52. The van der Waals surface area contributed by atoms with Crippen LogP contribution in [0.3, 0.4) is 0 Å². The van der Waals surface area contributed by atoms with Crippen LogP contribution in [-0.2, 0) is 49.8 Å². The molecule has 218 valence electrons. The predicted molar refractivity (Wildman–Crippen MR) is 181 cm³/mol. The Hall–Kier alpha value is -0.260. The Kier molecular flexibility index (Phi) is 15.0. The molecule has 1 saturated heterocycles. The minimum atomic E-state index is -2.52. The molecular formula is C29H44N2O2S6. The van der Waals surface area contributed by atoms with Crippen molar-refractivity contribution < 1.29 is 9.59 Å². The van der Waals surface area contributed by atoms with Gasteiger partial charge in [-0.25, -0.2) is 0 Å². The van der Waals surface area contributed by atoms with E-state index in [0.29, 0.717) is 24.7 Å². The number of amides is 2. The standard InChI is InChI=1S/C29H44N2O2S6/c1-2-3-6-15-29(33)31(39(34,35)36)27-18-24-12-8-5-4-7-11-23(16-17-28(32)30-27)19-37-21-25-13-9-10-14-26(25)22-38-20-24/h3,6,9-10,13-14,23-24,27H,2,4-5,7-8,11-12,15-22H2,1H3,(H,30,32)(H,34,35,36)/b6-3-. The topological polar surface area (TPSA) is 49.4 Å². The van der Waals surface area contributed by atoms with Crippen LogP contribution in [0.5, 0.6) is 0 Å². The number of fused-ring (bicyclic) bond motifs is 14. The van der Waals surface area contributed by atoms with E-state index in [1.165, 1.54) is 36.8 Å². The van der Waals surface area contributed by atoms with Gasteiger partial charge in [0.15, 0.2) is 0 Å². The van der Waals surface area contributed by atoms with Crippen LogP contribution in [0.2, 0.25) is 0 Å². The van der Waals surface area contributed by atoms with Crippen LogP contribution in [0.15, 0.2) is 36.4 Å². The second kappa shape index (κ2) is 17.6. The molecule has 1 aromatic rings. The summed E-state index contributed by atoms with van der Waals surface area (Å²) in [5.41, 5.74) is 2.85. The lowest BCUT2D eigenvalue weighted by atomic mass is 9.94. The fourth-order valence-corrected chi connectivity index (χ4v) is 10.4. The van der Waals surface area contributed by atoms with Crippen molar-refractivity contribution >= 4 is 75.7 Å². The molecule has 0 radical (unpaired) electrons. The Morgan fingerprint density at radius 2 is 1.64 bits per heavy atom. The molecule has 1 aromatic carbocycles. The first-order chi connectivity index (χ1) is 18.8. The van der Waals surface area contributed by atoms with Gasteiger partial charge >= 0.3 is 0 Å². The minimum Gasteiger partial charge on any atom is -0.335 e. The summed E-state index contributed by atoms with van der Waals surface area (Å²) in [4.78, 5) is 26.8. The molecule has 0 aromatic heterocycles. The number of allylic oxidation sites excluding steroid dienone is 1. The fraction of sp³-hybridized carbons (Fsp3) is 0.655. The molecule has 3 aliphatic heterocycles. The summed E-state index contributed by atoms with van der Waals surface area (Å²) in [7, 11) is 0. The van der Waals surface area contributed by atoms with Crippen molar-refractivity contribution in [3.05, 3.63) is 47.5 Å². The number of carbonyl (C=O) groups excluding carboxylic acids is 2. The highest BCUT2D eigenvalue weighted by Gasteiger charge is 2.31. The summed E-state index contributed by atoms with van der Waals surface area (Å²) >= 11 is 19.8. The van der Waals surface area contributed by atoms with E-state index >= 15 is 0 Å². The van der Waals surface area contributed by atoms with Crippen molar-refractivity contribution in [3.8, 4) is 0 Å². The van der Waals surface area contributed by atoms with E-state index in [-0.39, 0.29) is 18.2 Å². The Morgan fingerprint density at radius 3 is 2.26 bits per heavy atom. The Balaban J connectivity index is 1.93. The minimum absolute atomic E-state index is 0.0141. The molecule has 3 atom stereocenters. The smallest absolute Gasteiger partial charge is 0.239 e. The highest BCUT2D eigenvalue weighted by molar-refractivity contribution is 8.92. The van der Waals surface area contributed by atoms with Crippen LogP contribution in [0.25, 0.3) is 0 Å². The number of thioether (sulfide) groups is 2. The third-order valence-electron chi connectivity index (χ3n) is 7.45. The van der Waals surface area contributed by atoms with Crippen LogP contribution >= 0.6 is 35.2 Å². The van der Waals surface area contributed by atoms with Gasteiger partial charge in [0.1, 0.15) is 6.17 Å². The lowest BCUT2D eigenvalue weighted by Gasteiger charge is -2.35. The lowest BCUT2D eigenvalue weighted by molar-refractivity contribution is -0.129. The number of rotatable bonds is 5. The van der Waals surface area contributed by atoms with E-state index in [4.69, 9.17) is 22.4 Å². The Labute approximate surface area is 259 Å². The number of benzene rings is 1. The van der Waals surface area contributed by atoms with Crippen molar-refractivity contribution in [1.29, 1.82) is 0 Å². The van der Waals surface area contributed by atoms with Gasteiger partial charge in [-0.1, -0.05) is 80.7 Å². The molecule has 3 aliphatic rings. The molecule has 0 spiro atoms. The molecule has 3 heterocycles. The average molecular weight is 645 g/mol. The molecular weight excluding hydrogens is 601 g/mol. The van der Waals surface area contributed by atoms with Crippen LogP contribution in [0.1, 0.15) is 88.7 Å². The van der Waals surface area contributed by atoms with E-state index in [2.05, 4.69) is 41.2 Å². The number of nitrogens with zero attached hydrogens (tertiary/aromatic N) is 1. The molecule has 10 heteroatoms. The number of carbonyl (C=O) groups is 2. The average Bonchev–Trinajstić information content (AvgIpc) is 2.87. The van der Waals surface area contributed by atoms with E-state index in [1.54, 1.807) is 4.31 Å². The summed E-state index contributed by atoms with van der Waals surface area (Å²) in [6.45, 7) is 2.04. The summed E-state index contributed by atoms with van der Waals surface area (Å²) in [5, 5.41) is 3.23. The predicted octanol–water partition coefficient (Wildman–Crippen LogP) is 7.39. The first-order valence-electron chi connectivity index (χ1n) is 14.2. The third-order valence-corrected chi connectivity index (χ3v) is 12.3. The van der Waals surface area contributed by atoms with Crippen molar-refractivity contribution in [1.82, 2.24) is 9.62 Å². The van der Waals surface area contributed by atoms with Crippen molar-refractivity contribution in [2.24, 2.45) is 11.8 Å². The van der Waals surface area contributed by atoms with Crippen LogP contribution in [0, 0.1) is 11.8 Å². The maximum atomic E-state index is 13.4. The SMILES string of the molecule is CC/C=C\CC(=O)N(C1CC2CCCCCCC(CCC(=O)N1)CSCc1ccccc1CSC2)S(=S)(=S)S. The van der Waals surface area contributed by atoms with E-state index < -0.39 is 12.5 Å². The first kappa shape index (κ1) is 33.2. The fourth-order valence-electron chi connectivity index (χ4n) is 5.34. The van der Waals surface area contributed by atoms with Gasteiger partial charge in [-0.3, -0.25) is 13.9 Å². The molecule has 2 bridgehead atoms. The molecule has 0 saturated carbocycles. The molecule has 1 fully saturated rings. The third kappa shape index (κ3) is 11.9. The molecule has 1 N–H and O–H groups in total. The number of hydrogen-bond acceptors (Lipinski definition) is 6. The van der Waals surface area contributed by atoms with Gasteiger partial charge in [-0.15, -0.1) is 0 Å². The van der Waals surface area contributed by atoms with Gasteiger partial charge in [-0.05, 0) is 88.9 Å². The summed E-state index contributed by atoms with van der Waals surface area (Å²) in [6.07, 6.45) is 11.0. The second-order valence-electron chi connectivity index (χ2n) is 10.6. The monoisotopic (exact) mass is 644 g/mol. The zero-order chi connectivity index (χ0) is 28.1. The van der Waals surface area contributed by atoms with Crippen molar-refractivity contribution in [2.45, 2.75) is 95.2 Å². The Morgan fingerprint density at radius 1 is 1.03 bits per heavy atom. The van der Waals surface area contributed by atoms with E-state index in [0.717, 1.165) is 48.7 Å². The summed E-state index contributed by atoms with van der Waals surface area (Å²) < 4.78 is 1.56. The maximum absolute atomic E-state index is 13.4. The quantitative estimate of drug-likeness (QED) is 0.198. The molecule has 0 aliphatic carbocycles. The van der Waals surface area contributed by atoms with Gasteiger partial charge in [0, 0.05) is 30.7 Å². The highest BCUT2D eigenvalue weighted by atomic mass is 33.5. The zero-order valence-electron chi connectivity index (χ0n) is 23.1. The van der Waals surface area contributed by atoms with Gasteiger partial charge in [-0.2, -0.15) is 23.5 Å². The molecule has 39 heavy (non-hydrogen) atoms. The normalized spacial score (nSPS) is 24.6. The van der Waals surface area contributed by atoms with E-state index in [1.807, 2.05) is 42.6 Å². The van der Waals surface area contributed by atoms with Crippen molar-refractivity contribution in [2.75, 3.05) is 11.5 Å². The largest absolute Gasteiger partial charge is 0.335 e. The first-order valence-corrected chi connectivity index (χ1v) is 21.0. The van der Waals surface area contributed by atoms with Crippen LogP contribution < -0.4 is 5.32 Å². The van der Waals surface area contributed by atoms with Crippen molar-refractivity contribution in [3.63, 3.8) is 0 Å². The van der Waals surface area contributed by atoms with Gasteiger partial charge in [0.2, 0.25) is 11.8 Å². The number of thiol groups is 1. The molecule has 2 amide bonds. The summed E-state index contributed by atoms with van der Waals surface area (Å²) in [5.74, 6) is 4.72. The number of nitrogens with one attached hydrogen (secondary N) is 1. The summed E-state index contributed by atoms with van der Waals surface area (Å²) in [6, 6.07) is 8.82. The molecule has 3 unspecified atom stereocenters. The Bertz CT molecular complexity index is 1060. The van der Waals surface area contributed by atoms with Gasteiger partial charge in [0.25, 0.3) is 0 Å². The molecule has 4 nitrogen and oxygen atoms in total. The number of hydrogen-bond donors (Lipinski definition) is 2. The van der Waals surface area contributed by atoms with Gasteiger partial charge < -0.3 is 5.32 Å². The van der Waals surface area contributed by atoms with Crippen LogP contribution in [-0.4, -0.2) is 33.8 Å². The highest BCUT2D eigenvalue weighted by Crippen LogP contribution is 2.31. The maximum Gasteiger partial charge on any atom is 0.239 e. The van der Waals surface area contributed by atoms with Gasteiger partial charge in [0.05, 0.1) is 0 Å². The van der Waals surface area contributed by atoms with Crippen LogP contribution in [0.4, 0.5) is 0 Å². The molecule has 4 rings (SSSR count). The second-order valence-corrected chi connectivity index (χ2v) is 20.6.